The fourth-order valence-corrected chi connectivity index (χ4v) is 4.51. The van der Waals surface area contributed by atoms with Gasteiger partial charge in [-0.3, -0.25) is 4.98 Å². The van der Waals surface area contributed by atoms with Gasteiger partial charge in [-0.25, -0.2) is 13.4 Å². The third-order valence-electron chi connectivity index (χ3n) is 3.42. The third-order valence-corrected chi connectivity index (χ3v) is 6.80. The Bertz CT molecular complexity index is 711. The summed E-state index contributed by atoms with van der Waals surface area (Å²) >= 11 is 1.57. The minimum absolute atomic E-state index is 0.206. The molecular weight excluding hydrogens is 306 g/mol. The molecule has 0 radical (unpaired) electrons. The van der Waals surface area contributed by atoms with Crippen LogP contribution >= 0.6 is 11.3 Å². The van der Waals surface area contributed by atoms with Crippen LogP contribution in [0.5, 0.6) is 0 Å². The predicted octanol–water partition coefficient (Wildman–Crippen LogP) is 2.79. The van der Waals surface area contributed by atoms with E-state index in [-0.39, 0.29) is 10.9 Å². The van der Waals surface area contributed by atoms with Crippen LogP contribution in [0.2, 0.25) is 0 Å². The van der Waals surface area contributed by atoms with Crippen molar-refractivity contribution in [2.45, 2.75) is 38.1 Å². The van der Waals surface area contributed by atoms with Gasteiger partial charge in [-0.2, -0.15) is 4.31 Å². The van der Waals surface area contributed by atoms with Crippen molar-refractivity contribution in [2.75, 3.05) is 7.05 Å². The Labute approximate surface area is 129 Å². The Kier molecular flexibility index (Phi) is 4.75. The second-order valence-electron chi connectivity index (χ2n) is 4.80. The van der Waals surface area contributed by atoms with Gasteiger partial charge in [0, 0.05) is 24.3 Å². The summed E-state index contributed by atoms with van der Waals surface area (Å²) in [6.45, 7) is 5.85. The molecule has 0 aliphatic carbocycles. The Morgan fingerprint density at radius 2 is 2.14 bits per heavy atom. The number of thiazole rings is 1. The lowest BCUT2D eigenvalue weighted by Crippen LogP contribution is -2.29. The van der Waals surface area contributed by atoms with E-state index < -0.39 is 10.0 Å². The number of sulfonamides is 1. The fraction of sp³-hybridized carbons (Fsp3) is 0.429. The zero-order valence-corrected chi connectivity index (χ0v) is 14.2. The quantitative estimate of drug-likeness (QED) is 0.848. The lowest BCUT2D eigenvalue weighted by molar-refractivity contribution is 0.401. The van der Waals surface area contributed by atoms with Gasteiger partial charge in [0.25, 0.3) is 0 Å². The van der Waals surface area contributed by atoms with Crippen LogP contribution in [-0.4, -0.2) is 29.7 Å². The number of rotatable bonds is 5. The molecule has 0 saturated heterocycles. The second-order valence-corrected chi connectivity index (χ2v) is 7.91. The van der Waals surface area contributed by atoms with Crippen molar-refractivity contribution in [3.63, 3.8) is 0 Å². The van der Waals surface area contributed by atoms with E-state index in [1.54, 1.807) is 36.7 Å². The maximum Gasteiger partial charge on any atom is 0.244 e. The third kappa shape index (κ3) is 3.14. The molecule has 2 aromatic rings. The fourth-order valence-electron chi connectivity index (χ4n) is 2.04. The lowest BCUT2D eigenvalue weighted by Gasteiger charge is -2.23. The molecule has 0 unspecified atom stereocenters. The second kappa shape index (κ2) is 6.21. The highest BCUT2D eigenvalue weighted by molar-refractivity contribution is 7.89. The molecule has 5 nitrogen and oxygen atoms in total. The molecule has 2 aromatic heterocycles. The summed E-state index contributed by atoms with van der Waals surface area (Å²) in [6.07, 6.45) is 3.79. The van der Waals surface area contributed by atoms with E-state index in [1.165, 1.54) is 10.5 Å². The van der Waals surface area contributed by atoms with Crippen LogP contribution < -0.4 is 0 Å². The molecule has 0 bridgehead atoms. The predicted molar refractivity (Wildman–Crippen MR) is 83.8 cm³/mol. The Hall–Kier alpha value is -1.31. The standard InChI is InChI=1S/C14H19N3O2S2/c1-5-13-16-10(2)14(20-13)11(3)17(4)21(18,19)12-7-6-8-15-9-12/h6-9,11H,5H2,1-4H3/t11-/m1/s1. The Morgan fingerprint density at radius 1 is 1.43 bits per heavy atom. The van der Waals surface area contributed by atoms with Crippen molar-refractivity contribution in [3.05, 3.63) is 40.1 Å². The lowest BCUT2D eigenvalue weighted by atomic mass is 10.2. The van der Waals surface area contributed by atoms with Crippen molar-refractivity contribution in [3.8, 4) is 0 Å². The number of aromatic nitrogens is 2. The molecule has 0 aliphatic heterocycles. The minimum atomic E-state index is -3.55. The van der Waals surface area contributed by atoms with Crippen LogP contribution in [-0.2, 0) is 16.4 Å². The summed E-state index contributed by atoms with van der Waals surface area (Å²) < 4.78 is 26.6. The Balaban J connectivity index is 2.34. The highest BCUT2D eigenvalue weighted by Crippen LogP contribution is 2.31. The first kappa shape index (κ1) is 16.1. The summed E-state index contributed by atoms with van der Waals surface area (Å²) in [7, 11) is -1.96. The van der Waals surface area contributed by atoms with Crippen molar-refractivity contribution in [2.24, 2.45) is 0 Å². The van der Waals surface area contributed by atoms with E-state index in [2.05, 4.69) is 9.97 Å². The van der Waals surface area contributed by atoms with E-state index in [0.717, 1.165) is 22.0 Å². The van der Waals surface area contributed by atoms with E-state index in [0.29, 0.717) is 0 Å². The van der Waals surface area contributed by atoms with Crippen molar-refractivity contribution in [1.82, 2.24) is 14.3 Å². The van der Waals surface area contributed by atoms with Crippen LogP contribution in [0.4, 0.5) is 0 Å². The minimum Gasteiger partial charge on any atom is -0.263 e. The SMILES string of the molecule is CCc1nc(C)c([C@@H](C)N(C)S(=O)(=O)c2cccnc2)s1. The summed E-state index contributed by atoms with van der Waals surface area (Å²) in [5.74, 6) is 0. The number of hydrogen-bond donors (Lipinski definition) is 0. The molecule has 0 aliphatic rings. The molecular formula is C14H19N3O2S2. The number of pyridine rings is 1. The van der Waals surface area contributed by atoms with E-state index in [1.807, 2.05) is 20.8 Å². The highest BCUT2D eigenvalue weighted by Gasteiger charge is 2.28. The van der Waals surface area contributed by atoms with Gasteiger partial charge in [-0.05, 0) is 32.4 Å². The summed E-state index contributed by atoms with van der Waals surface area (Å²) in [5.41, 5.74) is 0.901. The molecule has 0 amide bonds. The van der Waals surface area contributed by atoms with Crippen LogP contribution in [0.3, 0.4) is 0 Å². The van der Waals surface area contributed by atoms with E-state index >= 15 is 0 Å². The summed E-state index contributed by atoms with van der Waals surface area (Å²) in [6, 6.07) is 2.93. The zero-order valence-electron chi connectivity index (χ0n) is 12.6. The van der Waals surface area contributed by atoms with Crippen molar-refractivity contribution in [1.29, 1.82) is 0 Å². The number of nitrogens with zero attached hydrogens (tertiary/aromatic N) is 3. The molecule has 0 N–H and O–H groups in total. The van der Waals surface area contributed by atoms with Crippen molar-refractivity contribution >= 4 is 21.4 Å². The first-order valence-corrected chi connectivity index (χ1v) is 8.97. The van der Waals surface area contributed by atoms with Gasteiger partial charge >= 0.3 is 0 Å². The van der Waals surface area contributed by atoms with Gasteiger partial charge in [-0.1, -0.05) is 6.92 Å². The highest BCUT2D eigenvalue weighted by atomic mass is 32.2. The molecule has 2 rings (SSSR count). The van der Waals surface area contributed by atoms with Gasteiger partial charge in [0.05, 0.1) is 16.7 Å². The molecule has 1 atom stereocenters. The first-order valence-electron chi connectivity index (χ1n) is 6.72. The monoisotopic (exact) mass is 325 g/mol. The Morgan fingerprint density at radius 3 is 2.67 bits per heavy atom. The van der Waals surface area contributed by atoms with Crippen molar-refractivity contribution < 1.29 is 8.42 Å². The van der Waals surface area contributed by atoms with Crippen LogP contribution in [0.1, 0.15) is 35.5 Å². The normalized spacial score (nSPS) is 13.6. The zero-order chi connectivity index (χ0) is 15.6. The maximum absolute atomic E-state index is 12.6. The molecule has 0 spiro atoms. The molecule has 0 aromatic carbocycles. The maximum atomic E-state index is 12.6. The largest absolute Gasteiger partial charge is 0.263 e. The topological polar surface area (TPSA) is 63.2 Å². The van der Waals surface area contributed by atoms with E-state index in [4.69, 9.17) is 0 Å². The van der Waals surface area contributed by atoms with Gasteiger partial charge in [0.1, 0.15) is 4.90 Å². The van der Waals surface area contributed by atoms with Gasteiger partial charge < -0.3 is 0 Å². The molecule has 2 heterocycles. The molecule has 0 saturated carbocycles. The van der Waals surface area contributed by atoms with Gasteiger partial charge in [0.15, 0.2) is 0 Å². The average Bonchev–Trinajstić information content (AvgIpc) is 2.87. The van der Waals surface area contributed by atoms with Crippen LogP contribution in [0, 0.1) is 6.92 Å². The average molecular weight is 325 g/mol. The summed E-state index contributed by atoms with van der Waals surface area (Å²) in [5, 5.41) is 1.03. The molecule has 7 heteroatoms. The van der Waals surface area contributed by atoms with Gasteiger partial charge in [0.2, 0.25) is 10.0 Å². The van der Waals surface area contributed by atoms with Crippen LogP contribution in [0.25, 0.3) is 0 Å². The number of aryl methyl sites for hydroxylation is 2. The summed E-state index contributed by atoms with van der Waals surface area (Å²) in [4.78, 5) is 9.55. The van der Waals surface area contributed by atoms with E-state index in [9.17, 15) is 8.42 Å². The molecule has 114 valence electrons. The molecule has 21 heavy (non-hydrogen) atoms. The number of hydrogen-bond acceptors (Lipinski definition) is 5. The van der Waals surface area contributed by atoms with Gasteiger partial charge in [-0.15, -0.1) is 11.3 Å². The van der Waals surface area contributed by atoms with Crippen LogP contribution in [0.15, 0.2) is 29.4 Å². The molecule has 0 fully saturated rings. The smallest absolute Gasteiger partial charge is 0.244 e. The first-order chi connectivity index (χ1) is 9.87.